The summed E-state index contributed by atoms with van der Waals surface area (Å²) in [6.07, 6.45) is 0. The number of halogens is 6. The third kappa shape index (κ3) is 3.84. The fraction of sp³-hybridized carbons (Fsp3) is 1.00. The van der Waals surface area contributed by atoms with E-state index in [1.807, 2.05) is 0 Å². The predicted molar refractivity (Wildman–Crippen MR) is 110 cm³/mol. The highest BCUT2D eigenvalue weighted by Gasteiger charge is 2.72. The molecule has 0 aromatic heterocycles. The van der Waals surface area contributed by atoms with Crippen LogP contribution in [-0.4, -0.2) is 14.0 Å². The summed E-state index contributed by atoms with van der Waals surface area (Å²) in [6, 6.07) is 0. The van der Waals surface area contributed by atoms with E-state index in [0.717, 1.165) is 0 Å². The third-order valence-electron chi connectivity index (χ3n) is 2.80. The van der Waals surface area contributed by atoms with Crippen LogP contribution in [0.4, 0.5) is 0 Å². The van der Waals surface area contributed by atoms with Crippen molar-refractivity contribution in [3.8, 4) is 0 Å². The monoisotopic (exact) mass is 672 g/mol. The Morgan fingerprint density at radius 1 is 0.588 bits per heavy atom. The fourth-order valence-electron chi connectivity index (χ4n) is 1.59. The van der Waals surface area contributed by atoms with Crippen LogP contribution >= 0.6 is 91.8 Å². The molecule has 0 aromatic carbocycles. The van der Waals surface area contributed by atoms with E-state index in [-0.39, 0.29) is 10.1 Å². The van der Waals surface area contributed by atoms with Crippen LogP contribution in [0.1, 0.15) is 41.5 Å². The second-order valence-electron chi connectivity index (χ2n) is 6.23. The van der Waals surface area contributed by atoms with Gasteiger partial charge in [-0.05, 0) is 10.1 Å². The number of rotatable bonds is 2. The molecule has 17 heavy (non-hydrogen) atoms. The Hall–Kier alpha value is 3.53. The van der Waals surface area contributed by atoms with E-state index >= 15 is 0 Å². The van der Waals surface area contributed by atoms with Gasteiger partial charge in [-0.2, -0.15) is 0 Å². The molecule has 0 aliphatic rings. The highest BCUT2D eigenvalue weighted by atomic mass is 80.0. The highest BCUT2D eigenvalue weighted by Crippen LogP contribution is 2.65. The van der Waals surface area contributed by atoms with E-state index < -0.39 is 14.0 Å². The lowest BCUT2D eigenvalue weighted by molar-refractivity contribution is 0.732. The quantitative estimate of drug-likeness (QED) is 0.211. The van der Waals surface area contributed by atoms with E-state index in [4.69, 9.17) is 0 Å². The molecular formula is C8H18Br6Si3. The van der Waals surface area contributed by atoms with Crippen molar-refractivity contribution in [3.63, 3.8) is 0 Å². The summed E-state index contributed by atoms with van der Waals surface area (Å²) in [7, 11) is 0. The van der Waals surface area contributed by atoms with Crippen LogP contribution in [0.15, 0.2) is 0 Å². The van der Waals surface area contributed by atoms with Crippen molar-refractivity contribution in [1.29, 1.82) is 0 Å². The van der Waals surface area contributed by atoms with Gasteiger partial charge in [-0.1, -0.05) is 87.4 Å². The van der Waals surface area contributed by atoms with Crippen LogP contribution in [0.5, 0.6) is 0 Å². The van der Waals surface area contributed by atoms with Crippen molar-refractivity contribution in [2.24, 2.45) is 0 Å². The molecule has 0 radical (unpaired) electrons. The molecule has 0 aliphatic carbocycles. The minimum atomic E-state index is -1.84. The van der Waals surface area contributed by atoms with Gasteiger partial charge in [-0.25, -0.2) is 0 Å². The zero-order valence-electron chi connectivity index (χ0n) is 10.8. The molecular weight excluding hydrogens is 660 g/mol. The van der Waals surface area contributed by atoms with Crippen LogP contribution in [0.2, 0.25) is 10.1 Å². The Morgan fingerprint density at radius 2 is 0.882 bits per heavy atom. The van der Waals surface area contributed by atoms with Crippen molar-refractivity contribution < 1.29 is 0 Å². The lowest BCUT2D eigenvalue weighted by Gasteiger charge is -2.53. The van der Waals surface area contributed by atoms with Crippen molar-refractivity contribution >= 4 is 106 Å². The molecule has 0 saturated heterocycles. The van der Waals surface area contributed by atoms with E-state index in [1.165, 1.54) is 0 Å². The van der Waals surface area contributed by atoms with Gasteiger partial charge in [0, 0.05) is 0 Å². The predicted octanol–water partition coefficient (Wildman–Crippen LogP) is 7.44. The van der Waals surface area contributed by atoms with E-state index in [2.05, 4.69) is 133 Å². The van der Waals surface area contributed by atoms with Gasteiger partial charge < -0.3 is 0 Å². The summed E-state index contributed by atoms with van der Waals surface area (Å²) in [5.41, 5.74) is -1.84. The molecule has 0 nitrogen and oxygen atoms in total. The zero-order chi connectivity index (χ0) is 14.5. The van der Waals surface area contributed by atoms with Crippen molar-refractivity contribution in [3.05, 3.63) is 0 Å². The zero-order valence-corrected chi connectivity index (χ0v) is 23.3. The first kappa shape index (κ1) is 20.5. The first-order valence-corrected chi connectivity index (χ1v) is 26.7. The average molecular weight is 678 g/mol. The van der Waals surface area contributed by atoms with E-state index in [1.54, 1.807) is 0 Å². The molecule has 1 unspecified atom stereocenters. The SMILES string of the molecule is CC(C)(C)[Si](Br)(Br)[Si](Br)(C(C)(C)C)[Si](Br)(Br)Br. The Balaban J connectivity index is 6.04. The lowest BCUT2D eigenvalue weighted by atomic mass is 10.2. The topological polar surface area (TPSA) is 0 Å². The standard InChI is InChI=1S/C8H18Br6Si3/c1-7(2,3)15(9,10)16(11,8(4,5)6)17(12,13)14/h1-6H3. The first-order valence-electron chi connectivity index (χ1n) is 5.13. The van der Waals surface area contributed by atoms with Crippen LogP contribution in [0.3, 0.4) is 0 Å². The van der Waals surface area contributed by atoms with Crippen LogP contribution in [0.25, 0.3) is 0 Å². The number of hydrogen-bond acceptors (Lipinski definition) is 0. The van der Waals surface area contributed by atoms with Gasteiger partial charge in [0.15, 0.2) is 5.73 Å². The molecule has 0 aliphatic heterocycles. The highest BCUT2D eigenvalue weighted by molar-refractivity contribution is 9.78. The Kier molecular flexibility index (Phi) is 7.20. The van der Waals surface area contributed by atoms with Gasteiger partial charge in [-0.3, -0.25) is 0 Å². The van der Waals surface area contributed by atoms with Gasteiger partial charge in [0.2, 0.25) is 4.83 Å². The summed E-state index contributed by atoms with van der Waals surface area (Å²) in [6.45, 7) is 13.9. The molecule has 0 spiro atoms. The molecule has 0 saturated carbocycles. The normalized spacial score (nSPS) is 19.1. The third-order valence-corrected chi connectivity index (χ3v) is 115. The molecule has 0 aromatic rings. The lowest BCUT2D eigenvalue weighted by Crippen LogP contribution is -2.70. The number of hydrogen-bond donors (Lipinski definition) is 0. The van der Waals surface area contributed by atoms with Gasteiger partial charge in [0.1, 0.15) is 0 Å². The maximum absolute atomic E-state index is 4.21. The Labute approximate surface area is 155 Å². The molecule has 0 bridgehead atoms. The second kappa shape index (κ2) is 5.97. The molecule has 0 fully saturated rings. The molecule has 104 valence electrons. The molecule has 0 heterocycles. The van der Waals surface area contributed by atoms with Crippen LogP contribution in [0, 0.1) is 0 Å². The average Bonchev–Trinajstić information content (AvgIpc) is 1.95. The first-order chi connectivity index (χ1) is 7.00. The van der Waals surface area contributed by atoms with Crippen molar-refractivity contribution in [2.45, 2.75) is 51.6 Å². The second-order valence-corrected chi connectivity index (χ2v) is 72.7. The van der Waals surface area contributed by atoms with E-state index in [0.29, 0.717) is 0 Å². The van der Waals surface area contributed by atoms with E-state index in [9.17, 15) is 0 Å². The van der Waals surface area contributed by atoms with Crippen molar-refractivity contribution in [1.82, 2.24) is 0 Å². The minimum absolute atomic E-state index is 0.224. The summed E-state index contributed by atoms with van der Waals surface area (Å²) < 4.78 is -1.83. The maximum Gasteiger partial charge on any atom is 0.266 e. The van der Waals surface area contributed by atoms with Gasteiger partial charge >= 0.3 is 0 Å². The van der Waals surface area contributed by atoms with Crippen LogP contribution < -0.4 is 0 Å². The summed E-state index contributed by atoms with van der Waals surface area (Å²) in [5.74, 6) is 0. The van der Waals surface area contributed by atoms with Gasteiger partial charge in [-0.15, -0.1) is 45.9 Å². The largest absolute Gasteiger partial charge is 0.266 e. The molecule has 0 N–H and O–H groups in total. The molecule has 9 heteroatoms. The molecule has 0 amide bonds. The van der Waals surface area contributed by atoms with Gasteiger partial charge in [0.25, 0.3) is 3.45 Å². The van der Waals surface area contributed by atoms with Crippen LogP contribution in [-0.2, 0) is 0 Å². The fourth-order valence-corrected chi connectivity index (χ4v) is 136. The smallest absolute Gasteiger partial charge is 0.127 e. The summed E-state index contributed by atoms with van der Waals surface area (Å²) in [4.78, 5) is -1.83. The Morgan fingerprint density at radius 3 is 0.941 bits per heavy atom. The molecule has 1 atom stereocenters. The Bertz CT molecular complexity index is 271. The maximum atomic E-state index is 4.21. The summed E-state index contributed by atoms with van der Waals surface area (Å²) >= 11 is 24.2. The minimum Gasteiger partial charge on any atom is -0.127 e. The van der Waals surface area contributed by atoms with Gasteiger partial charge in [0.05, 0.1) is 0 Å². The van der Waals surface area contributed by atoms with Crippen molar-refractivity contribution in [2.75, 3.05) is 0 Å². The molecule has 0 rings (SSSR count). The summed E-state index contributed by atoms with van der Waals surface area (Å²) in [5, 5.41) is 0.450.